The van der Waals surface area contributed by atoms with Gasteiger partial charge in [-0.05, 0) is 37.3 Å². The number of anilines is 2. The SMILES string of the molecule is CCOC(=O)N(c1ccccc1)c1ccc2[nH]c(=O)[nH]c2c1. The maximum absolute atomic E-state index is 12.3. The van der Waals surface area contributed by atoms with E-state index in [0.717, 1.165) is 0 Å². The zero-order valence-electron chi connectivity index (χ0n) is 12.0. The van der Waals surface area contributed by atoms with Gasteiger partial charge >= 0.3 is 11.8 Å². The van der Waals surface area contributed by atoms with E-state index in [0.29, 0.717) is 22.4 Å². The van der Waals surface area contributed by atoms with Crippen LogP contribution in [-0.4, -0.2) is 22.7 Å². The van der Waals surface area contributed by atoms with Crippen molar-refractivity contribution >= 4 is 28.5 Å². The van der Waals surface area contributed by atoms with E-state index in [1.54, 1.807) is 25.1 Å². The van der Waals surface area contributed by atoms with Gasteiger partial charge in [-0.3, -0.25) is 0 Å². The molecule has 112 valence electrons. The first kappa shape index (κ1) is 13.9. The molecule has 0 fully saturated rings. The van der Waals surface area contributed by atoms with Crippen molar-refractivity contribution in [2.45, 2.75) is 6.92 Å². The Morgan fingerprint density at radius 3 is 2.50 bits per heavy atom. The monoisotopic (exact) mass is 297 g/mol. The van der Waals surface area contributed by atoms with Crippen molar-refractivity contribution in [1.82, 2.24) is 9.97 Å². The highest BCUT2D eigenvalue weighted by atomic mass is 16.6. The molecular weight excluding hydrogens is 282 g/mol. The fraction of sp³-hybridized carbons (Fsp3) is 0.125. The standard InChI is InChI=1S/C16H15N3O3/c1-2-22-16(21)19(11-6-4-3-5-7-11)12-8-9-13-14(10-12)18-15(20)17-13/h3-10H,2H2,1H3,(H2,17,18,20). The molecular formula is C16H15N3O3. The summed E-state index contributed by atoms with van der Waals surface area (Å²) >= 11 is 0. The van der Waals surface area contributed by atoms with E-state index in [-0.39, 0.29) is 12.3 Å². The Bertz CT molecular complexity index is 852. The summed E-state index contributed by atoms with van der Waals surface area (Å²) in [4.78, 5) is 30.5. The molecule has 1 aromatic heterocycles. The lowest BCUT2D eigenvalue weighted by Gasteiger charge is -2.22. The normalized spacial score (nSPS) is 10.6. The van der Waals surface area contributed by atoms with E-state index >= 15 is 0 Å². The highest BCUT2D eigenvalue weighted by molar-refractivity contribution is 5.97. The second-order valence-corrected chi connectivity index (χ2v) is 4.68. The quantitative estimate of drug-likeness (QED) is 0.779. The summed E-state index contributed by atoms with van der Waals surface area (Å²) in [5, 5.41) is 0. The van der Waals surface area contributed by atoms with Crippen molar-refractivity contribution in [2.75, 3.05) is 11.5 Å². The largest absolute Gasteiger partial charge is 0.449 e. The number of aromatic nitrogens is 2. The van der Waals surface area contributed by atoms with Gasteiger partial charge in [0.25, 0.3) is 0 Å². The Hall–Kier alpha value is -3.02. The predicted octanol–water partition coefficient (Wildman–Crippen LogP) is 3.15. The van der Waals surface area contributed by atoms with Gasteiger partial charge in [0, 0.05) is 0 Å². The van der Waals surface area contributed by atoms with Crippen LogP contribution in [0.25, 0.3) is 11.0 Å². The molecule has 0 atom stereocenters. The van der Waals surface area contributed by atoms with Crippen LogP contribution in [0.2, 0.25) is 0 Å². The summed E-state index contributed by atoms with van der Waals surface area (Å²) in [6, 6.07) is 14.4. The number of nitrogens with one attached hydrogen (secondary N) is 2. The zero-order chi connectivity index (χ0) is 15.5. The number of para-hydroxylation sites is 1. The minimum atomic E-state index is -0.467. The van der Waals surface area contributed by atoms with Crippen molar-refractivity contribution in [2.24, 2.45) is 0 Å². The van der Waals surface area contributed by atoms with Crippen LogP contribution >= 0.6 is 0 Å². The first-order chi connectivity index (χ1) is 10.7. The number of hydrogen-bond acceptors (Lipinski definition) is 3. The molecule has 6 heteroatoms. The third-order valence-corrected chi connectivity index (χ3v) is 3.22. The predicted molar refractivity (Wildman–Crippen MR) is 84.5 cm³/mol. The number of imidazole rings is 1. The van der Waals surface area contributed by atoms with Crippen LogP contribution in [0.5, 0.6) is 0 Å². The van der Waals surface area contributed by atoms with Crippen LogP contribution in [-0.2, 0) is 4.74 Å². The third kappa shape index (κ3) is 2.58. The maximum atomic E-state index is 12.3. The molecule has 1 heterocycles. The fourth-order valence-electron chi connectivity index (χ4n) is 2.28. The van der Waals surface area contributed by atoms with Crippen molar-refractivity contribution in [3.8, 4) is 0 Å². The number of ether oxygens (including phenoxy) is 1. The number of carbonyl (C=O) groups excluding carboxylic acids is 1. The van der Waals surface area contributed by atoms with Gasteiger partial charge in [-0.15, -0.1) is 0 Å². The number of aromatic amines is 2. The number of rotatable bonds is 3. The number of hydrogen-bond donors (Lipinski definition) is 2. The summed E-state index contributed by atoms with van der Waals surface area (Å²) in [6.45, 7) is 2.04. The fourth-order valence-corrected chi connectivity index (χ4v) is 2.28. The van der Waals surface area contributed by atoms with Gasteiger partial charge < -0.3 is 14.7 Å². The molecule has 0 bridgehead atoms. The van der Waals surface area contributed by atoms with Gasteiger partial charge in [0.1, 0.15) is 0 Å². The van der Waals surface area contributed by atoms with Gasteiger partial charge in [0.15, 0.2) is 0 Å². The molecule has 0 aliphatic rings. The number of nitrogens with zero attached hydrogens (tertiary/aromatic N) is 1. The van der Waals surface area contributed by atoms with E-state index in [1.165, 1.54) is 4.90 Å². The van der Waals surface area contributed by atoms with Gasteiger partial charge in [0.05, 0.1) is 29.0 Å². The molecule has 3 rings (SSSR count). The Balaban J connectivity index is 2.10. The average Bonchev–Trinajstić information content (AvgIpc) is 2.88. The van der Waals surface area contributed by atoms with E-state index in [9.17, 15) is 9.59 Å². The second-order valence-electron chi connectivity index (χ2n) is 4.68. The summed E-state index contributed by atoms with van der Waals surface area (Å²) in [5.41, 5.74) is 2.35. The van der Waals surface area contributed by atoms with Crippen molar-refractivity contribution in [3.63, 3.8) is 0 Å². The second kappa shape index (κ2) is 5.77. The first-order valence-corrected chi connectivity index (χ1v) is 6.93. The molecule has 3 aromatic rings. The van der Waals surface area contributed by atoms with Crippen molar-refractivity contribution in [1.29, 1.82) is 0 Å². The topological polar surface area (TPSA) is 78.2 Å². The summed E-state index contributed by atoms with van der Waals surface area (Å²) in [6.07, 6.45) is -0.467. The molecule has 0 unspecified atom stereocenters. The van der Waals surface area contributed by atoms with Gasteiger partial charge in [0.2, 0.25) is 0 Å². The summed E-state index contributed by atoms with van der Waals surface area (Å²) in [5.74, 6) is 0. The average molecular weight is 297 g/mol. The molecule has 0 aliphatic heterocycles. The molecule has 2 N–H and O–H groups in total. The van der Waals surface area contributed by atoms with E-state index in [1.807, 2.05) is 30.3 Å². The highest BCUT2D eigenvalue weighted by Crippen LogP contribution is 2.28. The Labute approximate surface area is 126 Å². The maximum Gasteiger partial charge on any atom is 0.418 e. The first-order valence-electron chi connectivity index (χ1n) is 6.93. The molecule has 2 aromatic carbocycles. The molecule has 0 saturated heterocycles. The minimum Gasteiger partial charge on any atom is -0.449 e. The van der Waals surface area contributed by atoms with Crippen LogP contribution in [0.15, 0.2) is 53.3 Å². The Morgan fingerprint density at radius 1 is 1.05 bits per heavy atom. The van der Waals surface area contributed by atoms with Gasteiger partial charge in [-0.25, -0.2) is 14.5 Å². The smallest absolute Gasteiger partial charge is 0.418 e. The molecule has 6 nitrogen and oxygen atoms in total. The van der Waals surface area contributed by atoms with Crippen LogP contribution in [0, 0.1) is 0 Å². The third-order valence-electron chi connectivity index (χ3n) is 3.22. The van der Waals surface area contributed by atoms with Gasteiger partial charge in [-0.1, -0.05) is 18.2 Å². The lowest BCUT2D eigenvalue weighted by atomic mass is 10.2. The van der Waals surface area contributed by atoms with Crippen LogP contribution in [0.4, 0.5) is 16.2 Å². The number of amides is 1. The lowest BCUT2D eigenvalue weighted by Crippen LogP contribution is -2.26. The number of benzene rings is 2. The van der Waals surface area contributed by atoms with Crippen molar-refractivity contribution < 1.29 is 9.53 Å². The number of H-pyrrole nitrogens is 2. The molecule has 0 aliphatic carbocycles. The van der Waals surface area contributed by atoms with Crippen LogP contribution < -0.4 is 10.6 Å². The molecule has 1 amide bonds. The summed E-state index contributed by atoms with van der Waals surface area (Å²) < 4.78 is 5.14. The molecule has 0 saturated carbocycles. The number of carbonyl (C=O) groups is 1. The van der Waals surface area contributed by atoms with Gasteiger partial charge in [-0.2, -0.15) is 0 Å². The van der Waals surface area contributed by atoms with E-state index in [4.69, 9.17) is 4.74 Å². The Kier molecular flexibility index (Phi) is 3.65. The summed E-state index contributed by atoms with van der Waals surface area (Å²) in [7, 11) is 0. The van der Waals surface area contributed by atoms with E-state index in [2.05, 4.69) is 9.97 Å². The van der Waals surface area contributed by atoms with Crippen molar-refractivity contribution in [3.05, 3.63) is 59.0 Å². The lowest BCUT2D eigenvalue weighted by molar-refractivity contribution is 0.162. The van der Waals surface area contributed by atoms with E-state index < -0.39 is 6.09 Å². The highest BCUT2D eigenvalue weighted by Gasteiger charge is 2.19. The number of fused-ring (bicyclic) bond motifs is 1. The Morgan fingerprint density at radius 2 is 1.77 bits per heavy atom. The molecule has 22 heavy (non-hydrogen) atoms. The molecule has 0 radical (unpaired) electrons. The van der Waals surface area contributed by atoms with Crippen LogP contribution in [0.3, 0.4) is 0 Å². The molecule has 0 spiro atoms. The van der Waals surface area contributed by atoms with Crippen LogP contribution in [0.1, 0.15) is 6.92 Å². The zero-order valence-corrected chi connectivity index (χ0v) is 12.0. The minimum absolute atomic E-state index is 0.283.